The number of aliphatic hydroxyl groups is 2. The van der Waals surface area contributed by atoms with E-state index in [2.05, 4.69) is 20.3 Å². The van der Waals surface area contributed by atoms with Gasteiger partial charge in [-0.15, -0.1) is 0 Å². The molecule has 3 atom stereocenters. The molecule has 11 heteroatoms. The first-order valence-corrected chi connectivity index (χ1v) is 11.9. The van der Waals surface area contributed by atoms with Gasteiger partial charge in [0.15, 0.2) is 5.82 Å². The Hall–Kier alpha value is -2.82. The van der Waals surface area contributed by atoms with Crippen LogP contribution in [0.1, 0.15) is 58.8 Å². The normalized spacial score (nSPS) is 21.0. The third kappa shape index (κ3) is 4.96. The molecule has 4 N–H and O–H groups in total. The van der Waals surface area contributed by atoms with Gasteiger partial charge in [0.2, 0.25) is 5.95 Å². The fraction of sp³-hybridized carbons (Fsp3) is 0.500. The summed E-state index contributed by atoms with van der Waals surface area (Å²) in [6.07, 6.45) is 1.52. The molecular formula is C24H29ClFN5O4. The van der Waals surface area contributed by atoms with Crippen LogP contribution in [0.2, 0.25) is 5.02 Å². The largest absolute Gasteiger partial charge is 0.481 e. The number of aromatic nitrogens is 4. The van der Waals surface area contributed by atoms with Gasteiger partial charge in [0.25, 0.3) is 0 Å². The predicted molar refractivity (Wildman–Crippen MR) is 130 cm³/mol. The maximum atomic E-state index is 15.2. The Labute approximate surface area is 207 Å². The molecule has 1 aliphatic rings. The molecule has 1 aromatic carbocycles. The van der Waals surface area contributed by atoms with Crippen molar-refractivity contribution in [3.8, 4) is 11.3 Å². The van der Waals surface area contributed by atoms with E-state index in [-0.39, 0.29) is 29.0 Å². The minimum atomic E-state index is -1.28. The monoisotopic (exact) mass is 505 g/mol. The Balaban J connectivity index is 1.72. The number of nitrogens with one attached hydrogen (secondary N) is 1. The van der Waals surface area contributed by atoms with E-state index in [0.717, 1.165) is 0 Å². The van der Waals surface area contributed by atoms with E-state index < -0.39 is 35.5 Å². The number of nitrogens with zero attached hydrogens (tertiary/aromatic N) is 4. The van der Waals surface area contributed by atoms with E-state index in [1.807, 2.05) is 13.8 Å². The van der Waals surface area contributed by atoms with E-state index in [9.17, 15) is 20.1 Å². The van der Waals surface area contributed by atoms with Crippen LogP contribution in [0.3, 0.4) is 0 Å². The summed E-state index contributed by atoms with van der Waals surface area (Å²) in [4.78, 5) is 24.3. The van der Waals surface area contributed by atoms with E-state index in [0.29, 0.717) is 35.4 Å². The minimum Gasteiger partial charge on any atom is -0.481 e. The van der Waals surface area contributed by atoms with Crippen LogP contribution in [0.25, 0.3) is 22.3 Å². The molecule has 0 amide bonds. The Kier molecular flexibility index (Phi) is 6.74. The van der Waals surface area contributed by atoms with Crippen molar-refractivity contribution in [2.24, 2.45) is 5.92 Å². The maximum absolute atomic E-state index is 15.2. The van der Waals surface area contributed by atoms with Crippen LogP contribution in [-0.2, 0) is 10.4 Å². The topological polar surface area (TPSA) is 133 Å². The molecule has 1 aliphatic carbocycles. The molecule has 9 nitrogen and oxygen atoms in total. The molecule has 0 bridgehead atoms. The van der Waals surface area contributed by atoms with Gasteiger partial charge in [-0.25, -0.2) is 19.3 Å². The molecule has 0 radical (unpaired) electrons. The second-order valence-electron chi connectivity index (χ2n) is 9.84. The molecule has 3 aromatic rings. The number of hydrogen-bond acceptors (Lipinski definition) is 7. The molecule has 0 spiro atoms. The smallest absolute Gasteiger partial charge is 0.306 e. The van der Waals surface area contributed by atoms with Crippen molar-refractivity contribution in [1.29, 1.82) is 0 Å². The lowest BCUT2D eigenvalue weighted by molar-refractivity contribution is -0.144. The molecule has 0 aliphatic heterocycles. The summed E-state index contributed by atoms with van der Waals surface area (Å²) < 4.78 is 17.0. The highest BCUT2D eigenvalue weighted by atomic mass is 35.5. The van der Waals surface area contributed by atoms with E-state index in [1.165, 1.54) is 12.3 Å². The SMILES string of the molecule is CC(C)n1c(C(C)(C)O)nc2c(F)cc(-c3nc(N[C@H]4CC[C@@H](C(=O)O)C[C@H]4O)ncc3Cl)cc21. The number of aliphatic hydroxyl groups excluding tert-OH is 1. The molecule has 2 aromatic heterocycles. The van der Waals surface area contributed by atoms with Crippen LogP contribution in [0.4, 0.5) is 10.3 Å². The summed E-state index contributed by atoms with van der Waals surface area (Å²) in [5.41, 5.74) is 0.0600. The summed E-state index contributed by atoms with van der Waals surface area (Å²) in [6, 6.07) is 2.50. The second-order valence-corrected chi connectivity index (χ2v) is 10.2. The van der Waals surface area contributed by atoms with Gasteiger partial charge in [0, 0.05) is 11.6 Å². The van der Waals surface area contributed by atoms with Crippen molar-refractivity contribution in [2.45, 2.75) is 70.7 Å². The molecule has 4 rings (SSSR count). The number of benzene rings is 1. The van der Waals surface area contributed by atoms with Crippen molar-refractivity contribution >= 4 is 34.6 Å². The number of aliphatic carboxylic acids is 1. The van der Waals surface area contributed by atoms with Crippen LogP contribution in [0.15, 0.2) is 18.3 Å². The summed E-state index contributed by atoms with van der Waals surface area (Å²) in [5, 5.41) is 33.5. The maximum Gasteiger partial charge on any atom is 0.306 e. The van der Waals surface area contributed by atoms with Crippen LogP contribution < -0.4 is 5.32 Å². The van der Waals surface area contributed by atoms with Gasteiger partial charge in [0.1, 0.15) is 16.9 Å². The number of carboxylic acid groups (broad SMARTS) is 1. The lowest BCUT2D eigenvalue weighted by Crippen LogP contribution is -2.41. The lowest BCUT2D eigenvalue weighted by atomic mass is 9.84. The Morgan fingerprint density at radius 1 is 1.29 bits per heavy atom. The van der Waals surface area contributed by atoms with Gasteiger partial charge >= 0.3 is 5.97 Å². The molecule has 0 saturated heterocycles. The molecular weight excluding hydrogens is 477 g/mol. The Morgan fingerprint density at radius 3 is 2.60 bits per heavy atom. The zero-order valence-electron chi connectivity index (χ0n) is 20.0. The van der Waals surface area contributed by atoms with Crippen LogP contribution in [0.5, 0.6) is 0 Å². The predicted octanol–water partition coefficient (Wildman–Crippen LogP) is 4.12. The first-order chi connectivity index (χ1) is 16.4. The molecule has 188 valence electrons. The van der Waals surface area contributed by atoms with Crippen molar-refractivity contribution in [2.75, 3.05) is 5.32 Å². The highest BCUT2D eigenvalue weighted by molar-refractivity contribution is 6.33. The fourth-order valence-electron chi connectivity index (χ4n) is 4.59. The summed E-state index contributed by atoms with van der Waals surface area (Å²) in [5.74, 6) is -1.54. The first-order valence-electron chi connectivity index (χ1n) is 11.5. The van der Waals surface area contributed by atoms with Gasteiger partial charge in [-0.3, -0.25) is 4.79 Å². The average molecular weight is 506 g/mol. The van der Waals surface area contributed by atoms with Crippen LogP contribution in [0, 0.1) is 11.7 Å². The molecule has 0 unspecified atom stereocenters. The van der Waals surface area contributed by atoms with Crippen molar-refractivity contribution < 1.29 is 24.5 Å². The molecule has 1 saturated carbocycles. The van der Waals surface area contributed by atoms with E-state index in [4.69, 9.17) is 11.6 Å². The number of carbonyl (C=O) groups is 1. The number of fused-ring (bicyclic) bond motifs is 1. The van der Waals surface area contributed by atoms with Crippen LogP contribution in [-0.4, -0.2) is 53.0 Å². The minimum absolute atomic E-state index is 0.100. The Bertz CT molecular complexity index is 1270. The fourth-order valence-corrected chi connectivity index (χ4v) is 4.79. The van der Waals surface area contributed by atoms with Gasteiger partial charge in [-0.1, -0.05) is 11.6 Å². The van der Waals surface area contributed by atoms with Crippen molar-refractivity contribution in [3.05, 3.63) is 35.0 Å². The number of imidazole rings is 1. The van der Waals surface area contributed by atoms with E-state index >= 15 is 4.39 Å². The molecule has 2 heterocycles. The first kappa shape index (κ1) is 25.3. The highest BCUT2D eigenvalue weighted by Gasteiger charge is 2.33. The summed E-state index contributed by atoms with van der Waals surface area (Å²) in [7, 11) is 0. The summed E-state index contributed by atoms with van der Waals surface area (Å²) >= 11 is 6.39. The van der Waals surface area contributed by atoms with Gasteiger partial charge in [0.05, 0.1) is 40.5 Å². The molecule has 1 fully saturated rings. The Morgan fingerprint density at radius 2 is 2.00 bits per heavy atom. The number of anilines is 1. The third-order valence-corrected chi connectivity index (χ3v) is 6.59. The third-order valence-electron chi connectivity index (χ3n) is 6.31. The number of rotatable bonds is 6. The van der Waals surface area contributed by atoms with Crippen LogP contribution >= 0.6 is 11.6 Å². The van der Waals surface area contributed by atoms with Gasteiger partial charge in [-0.2, -0.15) is 0 Å². The zero-order chi connectivity index (χ0) is 25.7. The number of hydrogen-bond donors (Lipinski definition) is 4. The van der Waals surface area contributed by atoms with Crippen molar-refractivity contribution in [3.63, 3.8) is 0 Å². The summed E-state index contributed by atoms with van der Waals surface area (Å²) in [6.45, 7) is 7.04. The second kappa shape index (κ2) is 9.33. The lowest BCUT2D eigenvalue weighted by Gasteiger charge is -2.31. The van der Waals surface area contributed by atoms with Gasteiger partial charge < -0.3 is 25.2 Å². The van der Waals surface area contributed by atoms with Gasteiger partial charge in [-0.05, 0) is 59.1 Å². The van der Waals surface area contributed by atoms with Crippen molar-refractivity contribution in [1.82, 2.24) is 19.5 Å². The van der Waals surface area contributed by atoms with E-state index in [1.54, 1.807) is 24.5 Å². The number of halogens is 2. The standard InChI is InChI=1S/C24H29ClFN5O4/c1-11(2)31-17-8-13(7-15(26)20(17)29-22(31)24(3,4)35)19-14(25)10-27-23(30-19)28-16-6-5-12(21(33)34)9-18(16)32/h7-8,10-12,16,18,32,35H,5-6,9H2,1-4H3,(H,33,34)(H,27,28,30)/t12-,16+,18-/m1/s1. The number of carboxylic acids is 1. The zero-order valence-corrected chi connectivity index (χ0v) is 20.7. The quantitative estimate of drug-likeness (QED) is 0.393. The molecule has 35 heavy (non-hydrogen) atoms. The average Bonchev–Trinajstić information content (AvgIpc) is 3.17. The highest BCUT2D eigenvalue weighted by Crippen LogP contribution is 2.35.